The van der Waals surface area contributed by atoms with E-state index in [0.29, 0.717) is 0 Å². The second-order valence-electron chi connectivity index (χ2n) is 4.07. The topological polar surface area (TPSA) is 0 Å². The van der Waals surface area contributed by atoms with E-state index in [1.165, 1.54) is 11.1 Å². The van der Waals surface area contributed by atoms with Crippen LogP contribution in [0.25, 0.3) is 6.08 Å². The smallest absolute Gasteiger partial charge is 0.0106 e. The summed E-state index contributed by atoms with van der Waals surface area (Å²) in [5, 5.41) is 0. The van der Waals surface area contributed by atoms with Crippen LogP contribution in [0.4, 0.5) is 0 Å². The Morgan fingerprint density at radius 3 is 2.62 bits per heavy atom. The third kappa shape index (κ3) is 2.21. The van der Waals surface area contributed by atoms with Crippen molar-refractivity contribution in [3.63, 3.8) is 0 Å². The summed E-state index contributed by atoms with van der Waals surface area (Å²) in [5.74, 6) is 0. The minimum atomic E-state index is 0.277. The van der Waals surface area contributed by atoms with Gasteiger partial charge in [0.2, 0.25) is 0 Å². The van der Waals surface area contributed by atoms with Gasteiger partial charge in [0, 0.05) is 0 Å². The molecular weight excluding hydrogens is 156 g/mol. The van der Waals surface area contributed by atoms with E-state index >= 15 is 0 Å². The molecule has 0 saturated carbocycles. The molecule has 1 rings (SSSR count). The van der Waals surface area contributed by atoms with E-state index in [2.05, 4.69) is 51.6 Å². The van der Waals surface area contributed by atoms with Gasteiger partial charge in [-0.1, -0.05) is 57.7 Å². The fourth-order valence-corrected chi connectivity index (χ4v) is 1.29. The SMILES string of the molecule is C=Cc1cccc(C(C)(C)CC)c1. The molecule has 0 fully saturated rings. The summed E-state index contributed by atoms with van der Waals surface area (Å²) in [6, 6.07) is 8.60. The van der Waals surface area contributed by atoms with Crippen molar-refractivity contribution in [2.24, 2.45) is 0 Å². The van der Waals surface area contributed by atoms with Gasteiger partial charge in [0.15, 0.2) is 0 Å². The van der Waals surface area contributed by atoms with Gasteiger partial charge in [-0.2, -0.15) is 0 Å². The molecule has 13 heavy (non-hydrogen) atoms. The van der Waals surface area contributed by atoms with Crippen LogP contribution in [0.1, 0.15) is 38.3 Å². The summed E-state index contributed by atoms with van der Waals surface area (Å²) in [6.07, 6.45) is 3.06. The summed E-state index contributed by atoms with van der Waals surface area (Å²) in [4.78, 5) is 0. The maximum absolute atomic E-state index is 3.78. The third-order valence-corrected chi connectivity index (χ3v) is 2.79. The number of hydrogen-bond acceptors (Lipinski definition) is 0. The molecule has 0 N–H and O–H groups in total. The molecular formula is C13H18. The molecule has 0 nitrogen and oxygen atoms in total. The van der Waals surface area contributed by atoms with Gasteiger partial charge in [0.05, 0.1) is 0 Å². The standard InChI is InChI=1S/C13H18/c1-5-11-8-7-9-12(10-11)13(3,4)6-2/h5,7-10H,1,6H2,2-4H3. The minimum absolute atomic E-state index is 0.277. The summed E-state index contributed by atoms with van der Waals surface area (Å²) in [6.45, 7) is 10.5. The van der Waals surface area contributed by atoms with Gasteiger partial charge in [-0.3, -0.25) is 0 Å². The molecule has 0 heteroatoms. The predicted octanol–water partition coefficient (Wildman–Crippen LogP) is 4.02. The third-order valence-electron chi connectivity index (χ3n) is 2.79. The molecule has 0 spiro atoms. The first-order valence-electron chi connectivity index (χ1n) is 4.83. The Morgan fingerprint density at radius 1 is 1.38 bits per heavy atom. The van der Waals surface area contributed by atoms with Gasteiger partial charge in [-0.05, 0) is 23.0 Å². The Labute approximate surface area is 81.3 Å². The van der Waals surface area contributed by atoms with Crippen LogP contribution < -0.4 is 0 Å². The van der Waals surface area contributed by atoms with Gasteiger partial charge < -0.3 is 0 Å². The van der Waals surface area contributed by atoms with Crippen molar-refractivity contribution < 1.29 is 0 Å². The van der Waals surface area contributed by atoms with E-state index < -0.39 is 0 Å². The van der Waals surface area contributed by atoms with Crippen molar-refractivity contribution >= 4 is 6.08 Å². The van der Waals surface area contributed by atoms with Gasteiger partial charge >= 0.3 is 0 Å². The van der Waals surface area contributed by atoms with Gasteiger partial charge in [0.25, 0.3) is 0 Å². The molecule has 0 saturated heterocycles. The van der Waals surface area contributed by atoms with Crippen molar-refractivity contribution in [1.29, 1.82) is 0 Å². The van der Waals surface area contributed by atoms with E-state index in [4.69, 9.17) is 0 Å². The van der Waals surface area contributed by atoms with E-state index in [0.717, 1.165) is 6.42 Å². The monoisotopic (exact) mass is 174 g/mol. The Morgan fingerprint density at radius 2 is 2.08 bits per heavy atom. The maximum atomic E-state index is 3.78. The van der Waals surface area contributed by atoms with Gasteiger partial charge in [-0.25, -0.2) is 0 Å². The van der Waals surface area contributed by atoms with E-state index in [-0.39, 0.29) is 5.41 Å². The molecule has 0 bridgehead atoms. The molecule has 0 aliphatic heterocycles. The van der Waals surface area contributed by atoms with Crippen molar-refractivity contribution in [2.75, 3.05) is 0 Å². The number of benzene rings is 1. The molecule has 0 amide bonds. The zero-order valence-corrected chi connectivity index (χ0v) is 8.80. The Hall–Kier alpha value is -1.04. The molecule has 0 aliphatic carbocycles. The molecule has 0 aromatic heterocycles. The van der Waals surface area contributed by atoms with Crippen molar-refractivity contribution in [2.45, 2.75) is 32.6 Å². The molecule has 0 radical (unpaired) electrons. The predicted molar refractivity (Wildman–Crippen MR) is 59.9 cm³/mol. The summed E-state index contributed by atoms with van der Waals surface area (Å²) in [5.41, 5.74) is 2.88. The van der Waals surface area contributed by atoms with Crippen molar-refractivity contribution in [3.8, 4) is 0 Å². The van der Waals surface area contributed by atoms with Crippen LogP contribution in [-0.4, -0.2) is 0 Å². The first-order chi connectivity index (χ1) is 6.10. The first kappa shape index (κ1) is 10.0. The fourth-order valence-electron chi connectivity index (χ4n) is 1.29. The highest BCUT2D eigenvalue weighted by Gasteiger charge is 2.17. The largest absolute Gasteiger partial charge is 0.0985 e. The van der Waals surface area contributed by atoms with Crippen LogP contribution in [0.15, 0.2) is 30.8 Å². The Balaban J connectivity index is 3.08. The quantitative estimate of drug-likeness (QED) is 0.649. The summed E-state index contributed by atoms with van der Waals surface area (Å²) >= 11 is 0. The summed E-state index contributed by atoms with van der Waals surface area (Å²) in [7, 11) is 0. The van der Waals surface area contributed by atoms with Crippen LogP contribution in [0, 0.1) is 0 Å². The fraction of sp³-hybridized carbons (Fsp3) is 0.385. The molecule has 1 aromatic rings. The van der Waals surface area contributed by atoms with Crippen LogP contribution in [-0.2, 0) is 5.41 Å². The normalized spacial score (nSPS) is 11.3. The second kappa shape index (κ2) is 3.78. The first-order valence-corrected chi connectivity index (χ1v) is 4.83. The zero-order valence-electron chi connectivity index (χ0n) is 8.80. The summed E-state index contributed by atoms with van der Waals surface area (Å²) < 4.78 is 0. The molecule has 0 unspecified atom stereocenters. The lowest BCUT2D eigenvalue weighted by atomic mass is 9.82. The van der Waals surface area contributed by atoms with E-state index in [1.54, 1.807) is 0 Å². The molecule has 0 aliphatic rings. The number of rotatable bonds is 3. The van der Waals surface area contributed by atoms with Gasteiger partial charge in [0.1, 0.15) is 0 Å². The maximum Gasteiger partial charge on any atom is -0.0106 e. The molecule has 1 aromatic carbocycles. The van der Waals surface area contributed by atoms with E-state index in [9.17, 15) is 0 Å². The average molecular weight is 174 g/mol. The Bertz CT molecular complexity index is 295. The average Bonchev–Trinajstić information content (AvgIpc) is 2.18. The van der Waals surface area contributed by atoms with Gasteiger partial charge in [-0.15, -0.1) is 0 Å². The lowest BCUT2D eigenvalue weighted by Gasteiger charge is -2.23. The lowest BCUT2D eigenvalue weighted by molar-refractivity contribution is 0.506. The van der Waals surface area contributed by atoms with E-state index in [1.807, 2.05) is 6.08 Å². The van der Waals surface area contributed by atoms with Crippen LogP contribution >= 0.6 is 0 Å². The second-order valence-corrected chi connectivity index (χ2v) is 4.07. The molecule has 0 heterocycles. The van der Waals surface area contributed by atoms with Crippen molar-refractivity contribution in [1.82, 2.24) is 0 Å². The van der Waals surface area contributed by atoms with Crippen LogP contribution in [0.3, 0.4) is 0 Å². The highest BCUT2D eigenvalue weighted by molar-refractivity contribution is 5.48. The highest BCUT2D eigenvalue weighted by atomic mass is 14.2. The highest BCUT2D eigenvalue weighted by Crippen LogP contribution is 2.27. The lowest BCUT2D eigenvalue weighted by Crippen LogP contribution is -2.15. The molecule has 0 atom stereocenters. The van der Waals surface area contributed by atoms with Crippen LogP contribution in [0.5, 0.6) is 0 Å². The number of hydrogen-bond donors (Lipinski definition) is 0. The Kier molecular flexibility index (Phi) is 2.92. The zero-order chi connectivity index (χ0) is 9.90. The van der Waals surface area contributed by atoms with Crippen LogP contribution in [0.2, 0.25) is 0 Å². The minimum Gasteiger partial charge on any atom is -0.0985 e. The molecule has 70 valence electrons. The van der Waals surface area contributed by atoms with Crippen molar-refractivity contribution in [3.05, 3.63) is 42.0 Å².